The normalized spacial score (nSPS) is 11.5. The molecular weight excluding hydrogens is 420 g/mol. The molecular formula is C19H18BrF2N3O2. The van der Waals surface area contributed by atoms with Crippen molar-refractivity contribution in [3.63, 3.8) is 0 Å². The van der Waals surface area contributed by atoms with E-state index in [-0.39, 0.29) is 11.3 Å². The molecule has 0 spiro atoms. The van der Waals surface area contributed by atoms with E-state index in [0.717, 1.165) is 4.47 Å². The second-order valence-electron chi connectivity index (χ2n) is 5.96. The number of fused-ring (bicyclic) bond motifs is 1. The number of H-pyrrole nitrogens is 1. The summed E-state index contributed by atoms with van der Waals surface area (Å²) in [6.45, 7) is 0.437. The molecule has 3 aromatic rings. The number of halogens is 3. The summed E-state index contributed by atoms with van der Waals surface area (Å²) in [7, 11) is 0. The van der Waals surface area contributed by atoms with Crippen molar-refractivity contribution in [2.24, 2.45) is 0 Å². The van der Waals surface area contributed by atoms with E-state index in [1.54, 1.807) is 30.3 Å². The lowest BCUT2D eigenvalue weighted by Crippen LogP contribution is -2.25. The molecule has 0 fully saturated rings. The van der Waals surface area contributed by atoms with E-state index < -0.39 is 6.61 Å². The maximum atomic E-state index is 12.7. The minimum atomic E-state index is -2.89. The Morgan fingerprint density at radius 1 is 1.22 bits per heavy atom. The van der Waals surface area contributed by atoms with Gasteiger partial charge >= 0.3 is 6.61 Å². The van der Waals surface area contributed by atoms with E-state index in [0.29, 0.717) is 41.9 Å². The third-order valence-corrected chi connectivity index (χ3v) is 4.61. The Labute approximate surface area is 163 Å². The molecule has 8 heteroatoms. The number of ether oxygens (including phenoxy) is 1. The van der Waals surface area contributed by atoms with Crippen LogP contribution in [0.1, 0.15) is 18.3 Å². The molecule has 142 valence electrons. The van der Waals surface area contributed by atoms with E-state index >= 15 is 0 Å². The fraction of sp³-hybridized carbons (Fsp3) is 0.263. The van der Waals surface area contributed by atoms with Crippen molar-refractivity contribution in [3.05, 3.63) is 68.7 Å². The predicted molar refractivity (Wildman–Crippen MR) is 103 cm³/mol. The molecule has 0 atom stereocenters. The van der Waals surface area contributed by atoms with Crippen molar-refractivity contribution >= 4 is 26.8 Å². The van der Waals surface area contributed by atoms with Crippen LogP contribution in [0, 0.1) is 0 Å². The number of rotatable bonds is 7. The monoisotopic (exact) mass is 437 g/mol. The average Bonchev–Trinajstić information content (AvgIpc) is 2.63. The van der Waals surface area contributed by atoms with Crippen LogP contribution in [0.5, 0.6) is 5.75 Å². The lowest BCUT2D eigenvalue weighted by atomic mass is 10.2. The third kappa shape index (κ3) is 4.90. The number of benzene rings is 2. The quantitative estimate of drug-likeness (QED) is 0.598. The van der Waals surface area contributed by atoms with Crippen LogP contribution in [0.15, 0.2) is 51.7 Å². The minimum absolute atomic E-state index is 0.131. The second-order valence-corrected chi connectivity index (χ2v) is 6.88. The molecule has 27 heavy (non-hydrogen) atoms. The summed E-state index contributed by atoms with van der Waals surface area (Å²) in [4.78, 5) is 21.5. The van der Waals surface area contributed by atoms with Crippen LogP contribution >= 0.6 is 15.9 Å². The van der Waals surface area contributed by atoms with Crippen molar-refractivity contribution < 1.29 is 13.5 Å². The van der Waals surface area contributed by atoms with Gasteiger partial charge in [0.05, 0.1) is 17.4 Å². The predicted octanol–water partition coefficient (Wildman–Crippen LogP) is 4.31. The molecule has 0 bridgehead atoms. The summed E-state index contributed by atoms with van der Waals surface area (Å²) in [5.41, 5.74) is 1.04. The highest BCUT2D eigenvalue weighted by molar-refractivity contribution is 9.10. The van der Waals surface area contributed by atoms with Gasteiger partial charge in [-0.1, -0.05) is 35.0 Å². The Hall–Kier alpha value is -2.32. The highest BCUT2D eigenvalue weighted by atomic mass is 79.9. The summed E-state index contributed by atoms with van der Waals surface area (Å²) < 4.78 is 30.7. The van der Waals surface area contributed by atoms with Crippen LogP contribution in [0.2, 0.25) is 0 Å². The number of alkyl halides is 2. The maximum Gasteiger partial charge on any atom is 0.387 e. The first-order valence-electron chi connectivity index (χ1n) is 8.39. The van der Waals surface area contributed by atoms with Gasteiger partial charge in [-0.3, -0.25) is 9.69 Å². The number of aromatic amines is 1. The SMILES string of the molecule is CCN(Cc1nc2ccccc2c(=O)[nH]1)Cc1cc(Br)ccc1OC(F)F. The lowest BCUT2D eigenvalue weighted by molar-refractivity contribution is -0.0508. The largest absolute Gasteiger partial charge is 0.434 e. The van der Waals surface area contributed by atoms with Gasteiger partial charge in [0.25, 0.3) is 5.56 Å². The van der Waals surface area contributed by atoms with Crippen LogP contribution in [0.3, 0.4) is 0 Å². The number of nitrogens with one attached hydrogen (secondary N) is 1. The van der Waals surface area contributed by atoms with Gasteiger partial charge in [0, 0.05) is 16.6 Å². The molecule has 0 saturated carbocycles. The van der Waals surface area contributed by atoms with Gasteiger partial charge in [0.15, 0.2) is 0 Å². The summed E-state index contributed by atoms with van der Waals surface area (Å²) in [5, 5.41) is 0.531. The molecule has 1 N–H and O–H groups in total. The van der Waals surface area contributed by atoms with Crippen molar-refractivity contribution in [3.8, 4) is 5.75 Å². The van der Waals surface area contributed by atoms with Crippen molar-refractivity contribution in [1.82, 2.24) is 14.9 Å². The van der Waals surface area contributed by atoms with Crippen LogP contribution in [-0.4, -0.2) is 28.0 Å². The molecule has 0 aliphatic carbocycles. The molecule has 3 rings (SSSR count). The molecule has 0 unspecified atom stereocenters. The van der Waals surface area contributed by atoms with Crippen LogP contribution in [-0.2, 0) is 13.1 Å². The molecule has 2 aromatic carbocycles. The molecule has 0 saturated heterocycles. The van der Waals surface area contributed by atoms with E-state index in [9.17, 15) is 13.6 Å². The topological polar surface area (TPSA) is 58.2 Å². The van der Waals surface area contributed by atoms with E-state index in [1.165, 1.54) is 6.07 Å². The zero-order valence-corrected chi connectivity index (χ0v) is 16.2. The van der Waals surface area contributed by atoms with Gasteiger partial charge in [-0.05, 0) is 36.9 Å². The first kappa shape index (κ1) is 19.4. The number of hydrogen-bond donors (Lipinski definition) is 1. The van der Waals surface area contributed by atoms with Crippen LogP contribution < -0.4 is 10.3 Å². The van der Waals surface area contributed by atoms with Crippen LogP contribution in [0.4, 0.5) is 8.78 Å². The number of nitrogens with zero attached hydrogens (tertiary/aromatic N) is 2. The fourth-order valence-corrected chi connectivity index (χ4v) is 3.23. The number of para-hydroxylation sites is 1. The van der Waals surface area contributed by atoms with Gasteiger partial charge in [-0.25, -0.2) is 4.98 Å². The Bertz CT molecular complexity index is 994. The summed E-state index contributed by atoms with van der Waals surface area (Å²) in [6, 6.07) is 12.0. The van der Waals surface area contributed by atoms with E-state index in [2.05, 4.69) is 30.6 Å². The van der Waals surface area contributed by atoms with E-state index in [4.69, 9.17) is 0 Å². The molecule has 1 aromatic heterocycles. The van der Waals surface area contributed by atoms with Crippen molar-refractivity contribution in [2.45, 2.75) is 26.6 Å². The molecule has 0 amide bonds. The smallest absolute Gasteiger partial charge is 0.387 e. The molecule has 0 radical (unpaired) electrons. The number of hydrogen-bond acceptors (Lipinski definition) is 4. The Balaban J connectivity index is 1.85. The van der Waals surface area contributed by atoms with Gasteiger partial charge < -0.3 is 9.72 Å². The van der Waals surface area contributed by atoms with Gasteiger partial charge in [0.1, 0.15) is 11.6 Å². The zero-order chi connectivity index (χ0) is 19.4. The Morgan fingerprint density at radius 2 is 2.00 bits per heavy atom. The standard InChI is InChI=1S/C19H18BrF2N3O2/c1-2-25(10-12-9-13(20)7-8-16(12)27-19(21)22)11-17-23-15-6-4-3-5-14(15)18(26)24-17/h3-9,19H,2,10-11H2,1H3,(H,23,24,26). The Kier molecular flexibility index (Phi) is 6.18. The lowest BCUT2D eigenvalue weighted by Gasteiger charge is -2.21. The first-order valence-corrected chi connectivity index (χ1v) is 9.19. The highest BCUT2D eigenvalue weighted by Crippen LogP contribution is 2.26. The van der Waals surface area contributed by atoms with Crippen molar-refractivity contribution in [1.29, 1.82) is 0 Å². The molecule has 1 heterocycles. The van der Waals surface area contributed by atoms with Gasteiger partial charge in [-0.15, -0.1) is 0 Å². The summed E-state index contributed by atoms with van der Waals surface area (Å²) in [5.74, 6) is 0.651. The Morgan fingerprint density at radius 3 is 2.74 bits per heavy atom. The average molecular weight is 438 g/mol. The summed E-state index contributed by atoms with van der Waals surface area (Å²) >= 11 is 3.36. The molecule has 0 aliphatic heterocycles. The summed E-state index contributed by atoms with van der Waals surface area (Å²) in [6.07, 6.45) is 0. The fourth-order valence-electron chi connectivity index (χ4n) is 2.82. The zero-order valence-electron chi connectivity index (χ0n) is 14.6. The third-order valence-electron chi connectivity index (χ3n) is 4.12. The first-order chi connectivity index (χ1) is 13.0. The van der Waals surface area contributed by atoms with Gasteiger partial charge in [-0.2, -0.15) is 8.78 Å². The minimum Gasteiger partial charge on any atom is -0.434 e. The second kappa shape index (κ2) is 8.58. The van der Waals surface area contributed by atoms with Gasteiger partial charge in [0.2, 0.25) is 0 Å². The number of aromatic nitrogens is 2. The molecule has 5 nitrogen and oxygen atoms in total. The van der Waals surface area contributed by atoms with E-state index in [1.807, 2.05) is 17.9 Å². The van der Waals surface area contributed by atoms with Crippen molar-refractivity contribution in [2.75, 3.05) is 6.54 Å². The molecule has 0 aliphatic rings. The maximum absolute atomic E-state index is 12.7. The van der Waals surface area contributed by atoms with Crippen LogP contribution in [0.25, 0.3) is 10.9 Å². The highest BCUT2D eigenvalue weighted by Gasteiger charge is 2.14.